The number of carbonyl (C=O) groups excluding carboxylic acids is 4. The number of carboxylic acid groups (broad SMARTS) is 3. The van der Waals surface area contributed by atoms with Crippen molar-refractivity contribution < 1.29 is 105 Å². The van der Waals surface area contributed by atoms with Gasteiger partial charge in [0.05, 0.1) is 61.5 Å². The first-order valence-corrected chi connectivity index (χ1v) is 48.3. The van der Waals surface area contributed by atoms with E-state index in [0.29, 0.717) is 93.4 Å². The standard InChI is InChI=1S/C23H20ClF3N2O5S2.C23H29ClN2O4SSi.C19H17ClN2O5S2.C18H23N3O3/c1-15(22(30)31)28(13-23(25,26)27)18-9-6-16(7-10-18)4-2-3-5-21-29(14-36(32,33)34)19-12-17(24)8-11-20(19)35-21;1-6-25(17(2)32(3,4)5)20-11-7-18(8-12-20)9-14-23-26(16-31(27,28)29)21-15-19(24)10-13-22(21)30-23;1-12(19(23)24)21-15-6-2-13(3-7-15)4-9-18-22(11-29(25,26)27)16-10-14(20)5-8-17(16)28-18;1-5-20(13(4)18(23)24)15-9-7-14(8-10-15)11-16-12(3)19-21(6-2)17(16)22/h2-12,15H,13-14H2,1H3,(H-,30,31,32,33,34);7-15,17H,6,16H2,1-5H3;2-10,12H,11H2,1H3,(H2,23,24,25,26,27);7-11,13H,5-6H2,1-4H3,(H,23,24)/p-3/b;;;16-11-. The number of benzene rings is 7. The van der Waals surface area contributed by atoms with Crippen molar-refractivity contribution in [3.8, 4) is 0 Å². The van der Waals surface area contributed by atoms with Gasteiger partial charge < -0.3 is 67.8 Å². The Bertz CT molecular complexity index is 5970. The number of carbonyl (C=O) groups is 4. The average Bonchev–Trinajstić information content (AvgIpc) is 1.66. The summed E-state index contributed by atoms with van der Waals surface area (Å²) < 4.78 is 153. The van der Waals surface area contributed by atoms with Crippen LogP contribution < -0.4 is 49.0 Å². The molecule has 0 fully saturated rings. The summed E-state index contributed by atoms with van der Waals surface area (Å²) in [5.41, 5.74) is 9.65. The van der Waals surface area contributed by atoms with Gasteiger partial charge in [0.2, 0.25) is 34.2 Å². The topological polar surface area (TPSA) is 371 Å². The van der Waals surface area contributed by atoms with E-state index in [0.717, 1.165) is 45.2 Å². The predicted molar refractivity (Wildman–Crippen MR) is 464 cm³/mol. The second-order valence-corrected chi connectivity index (χ2v) is 41.7. The number of nitrogens with one attached hydrogen (secondary N) is 1. The van der Waals surface area contributed by atoms with Gasteiger partial charge in [0.15, 0.2) is 30.4 Å². The van der Waals surface area contributed by atoms with Gasteiger partial charge in [-0.2, -0.15) is 27.4 Å². The van der Waals surface area contributed by atoms with Gasteiger partial charge in [-0.15, -0.1) is 4.57 Å². The quantitative estimate of drug-likeness (QED) is 0.0144. The lowest BCUT2D eigenvalue weighted by Gasteiger charge is -2.38. The third-order valence-electron chi connectivity index (χ3n) is 18.8. The van der Waals surface area contributed by atoms with Crippen LogP contribution in [0.1, 0.15) is 93.5 Å². The lowest BCUT2D eigenvalue weighted by atomic mass is 10.1. The van der Waals surface area contributed by atoms with Gasteiger partial charge in [-0.05, 0) is 181 Å². The summed E-state index contributed by atoms with van der Waals surface area (Å²) >= 11 is 20.7. The molecule has 4 unspecified atom stereocenters. The molecule has 4 heterocycles. The summed E-state index contributed by atoms with van der Waals surface area (Å²) in [7, 11) is -14.9. The first kappa shape index (κ1) is 96.3. The molecule has 11 rings (SSSR count). The molecule has 7 aromatic carbocycles. The SMILES string of the molecule is CC(C(=O)[O-])N(CC(F)(F)F)c1ccc(/C=C/C=C/c2sc3ccc(Cl)cc3[n+]2CS(=O)(=O)[O-])cc1.CC(Nc1ccc(/C=C/c2sc3ccc(Cl)cc3[n+]2CS(=O)(=O)[O-])cc1)C(=O)[O-].CCN(c1ccc(/C=C/c2oc3ccc(Cl)cc3[n+]2CS(=O)(=O)[O-])cc1)C(C)[Si](C)(C)C.CCN1N=C(C)/C(=C/c2ccc(N(CC)C(C)C(=O)[O-])cc2)C1=O. The number of aliphatic carboxylic acids is 3. The third-order valence-corrected chi connectivity index (χ3v) is 26.3. The zero-order valence-electron chi connectivity index (χ0n) is 67.2. The number of halogens is 6. The van der Waals surface area contributed by atoms with Crippen molar-refractivity contribution in [3.63, 3.8) is 0 Å². The van der Waals surface area contributed by atoms with Crippen molar-refractivity contribution in [2.45, 2.75) is 123 Å². The van der Waals surface area contributed by atoms with Crippen LogP contribution in [0.25, 0.3) is 74.1 Å². The van der Waals surface area contributed by atoms with Crippen molar-refractivity contribution >= 4 is 222 Å². The van der Waals surface area contributed by atoms with Gasteiger partial charge in [0.1, 0.15) is 15.9 Å². The van der Waals surface area contributed by atoms with E-state index >= 15 is 0 Å². The molecule has 10 aromatic rings. The summed E-state index contributed by atoms with van der Waals surface area (Å²) in [5.74, 6) is -5.97. The van der Waals surface area contributed by atoms with Crippen LogP contribution in [0.3, 0.4) is 0 Å². The Morgan fingerprint density at radius 2 is 0.967 bits per heavy atom. The van der Waals surface area contributed by atoms with Gasteiger partial charge in [-0.1, -0.05) is 144 Å². The lowest BCUT2D eigenvalue weighted by Crippen LogP contribution is -2.49. The van der Waals surface area contributed by atoms with Gasteiger partial charge in [-0.25, -0.2) is 30.3 Å². The van der Waals surface area contributed by atoms with E-state index in [2.05, 4.69) is 60.9 Å². The summed E-state index contributed by atoms with van der Waals surface area (Å²) in [6.07, 6.45) is 10.7. The maximum absolute atomic E-state index is 12.9. The van der Waals surface area contributed by atoms with Crippen molar-refractivity contribution in [3.05, 3.63) is 223 Å². The predicted octanol–water partition coefficient (Wildman–Crippen LogP) is 12.1. The van der Waals surface area contributed by atoms with Gasteiger partial charge in [0.25, 0.3) is 21.4 Å². The molecule has 26 nitrogen and oxygen atoms in total. The second-order valence-electron chi connectivity index (χ2n) is 28.6. The maximum atomic E-state index is 12.9. The molecule has 1 N–H and O–H groups in total. The van der Waals surface area contributed by atoms with Crippen molar-refractivity contribution in [2.75, 3.05) is 46.2 Å². The number of anilines is 4. The molecule has 121 heavy (non-hydrogen) atoms. The van der Waals surface area contributed by atoms with Crippen molar-refractivity contribution in [1.29, 1.82) is 0 Å². The highest BCUT2D eigenvalue weighted by Gasteiger charge is 2.34. The van der Waals surface area contributed by atoms with E-state index in [1.807, 2.05) is 63.2 Å². The Kier molecular flexibility index (Phi) is 33.1. The summed E-state index contributed by atoms with van der Waals surface area (Å²) in [6.45, 7) is 22.0. The molecule has 1 aliphatic heterocycles. The molecule has 0 saturated heterocycles. The number of hydrogen-bond donors (Lipinski definition) is 1. The molecule has 0 bridgehead atoms. The Morgan fingerprint density at radius 3 is 1.41 bits per heavy atom. The number of nitrogens with zero attached hydrogens (tertiary/aromatic N) is 8. The van der Waals surface area contributed by atoms with Crippen molar-refractivity contribution in [2.24, 2.45) is 5.10 Å². The molecule has 1 aliphatic rings. The molecular weight excluding hydrogens is 1750 g/mol. The van der Waals surface area contributed by atoms with Gasteiger partial charge >= 0.3 is 12.1 Å². The molecule has 3 aromatic heterocycles. The molecule has 644 valence electrons. The van der Waals surface area contributed by atoms with Crippen LogP contribution in [0.4, 0.5) is 35.9 Å². The number of oxazole rings is 1. The average molecular weight is 1830 g/mol. The van der Waals surface area contributed by atoms with E-state index in [1.165, 1.54) is 78.3 Å². The minimum absolute atomic E-state index is 0.0699. The van der Waals surface area contributed by atoms with Crippen LogP contribution in [-0.4, -0.2) is 138 Å². The van der Waals surface area contributed by atoms with E-state index in [-0.39, 0.29) is 17.5 Å². The van der Waals surface area contributed by atoms with E-state index in [9.17, 15) is 86.6 Å². The van der Waals surface area contributed by atoms with Crippen LogP contribution in [0.15, 0.2) is 179 Å². The summed E-state index contributed by atoms with van der Waals surface area (Å²) in [4.78, 5) is 50.1. The number of thiazole rings is 2. The fourth-order valence-corrected chi connectivity index (χ4v) is 18.1. The molecule has 0 radical (unpaired) electrons. The first-order valence-electron chi connectivity index (χ1n) is 37.3. The third kappa shape index (κ3) is 27.9. The first-order chi connectivity index (χ1) is 56.6. The highest BCUT2D eigenvalue weighted by molar-refractivity contribution is 7.85. The highest BCUT2D eigenvalue weighted by Crippen LogP contribution is 2.32. The fourth-order valence-electron chi connectivity index (χ4n) is 12.3. The van der Waals surface area contributed by atoms with E-state index < -0.39 is 105 Å². The van der Waals surface area contributed by atoms with Crippen molar-refractivity contribution in [1.82, 2.24) is 5.01 Å². The van der Waals surface area contributed by atoms with Crippen LogP contribution in [-0.2, 0) is 67.2 Å². The number of aromatic nitrogens is 3. The Morgan fingerprint density at radius 1 is 0.554 bits per heavy atom. The number of alkyl halides is 3. The zero-order chi connectivity index (χ0) is 89.4. The smallest absolute Gasteiger partial charge is 0.405 e. The Balaban J connectivity index is 0.000000202. The number of hydrogen-bond acceptors (Lipinski definition) is 24. The summed E-state index contributed by atoms with van der Waals surface area (Å²) in [6, 6.07) is 40.3. The number of hydrazone groups is 1. The lowest BCUT2D eigenvalue weighted by molar-refractivity contribution is -0.658. The zero-order valence-corrected chi connectivity index (χ0v) is 74.6. The number of fused-ring (bicyclic) bond motifs is 3. The van der Waals surface area contributed by atoms with Crippen LogP contribution in [0.2, 0.25) is 34.7 Å². The number of carboxylic acids is 3. The number of rotatable bonds is 30. The van der Waals surface area contributed by atoms with Gasteiger partial charge in [-0.3, -0.25) is 4.79 Å². The molecular formula is C83H86Cl3F3N9O17S5Si-3. The summed E-state index contributed by atoms with van der Waals surface area (Å²) in [5, 5.41) is 43.8. The minimum Gasteiger partial charge on any atom is -0.743 e. The molecule has 0 spiro atoms. The number of likely N-dealkylation sites (N-methyl/N-ethyl adjacent to an activating group) is 2. The molecule has 0 saturated carbocycles. The van der Waals surface area contributed by atoms with E-state index in [4.69, 9.17) is 39.2 Å². The normalized spacial score (nSPS) is 14.2. The minimum atomic E-state index is -4.60. The monoisotopic (exact) mass is 1830 g/mol. The molecule has 0 aliphatic carbocycles. The van der Waals surface area contributed by atoms with Crippen LogP contribution in [0, 0.1) is 0 Å². The highest BCUT2D eigenvalue weighted by atomic mass is 35.5. The van der Waals surface area contributed by atoms with Crippen LogP contribution in [0.5, 0.6) is 0 Å². The Labute approximate surface area is 723 Å². The molecule has 4 atom stereocenters. The van der Waals surface area contributed by atoms with E-state index in [1.54, 1.807) is 139 Å². The Hall–Kier alpha value is -10.2. The van der Waals surface area contributed by atoms with Gasteiger partial charge in [0, 0.05) is 93.5 Å². The fraction of sp³-hybridized carbons (Fsp3) is 0.277. The second kappa shape index (κ2) is 41.6. The maximum Gasteiger partial charge on any atom is 0.405 e. The largest absolute Gasteiger partial charge is 0.743 e. The number of allylic oxidation sites excluding steroid dienone is 2. The number of amides is 1. The molecule has 1 amide bonds. The van der Waals surface area contributed by atoms with Crippen LogP contribution >= 0.6 is 57.5 Å². The molecule has 38 heteroatoms.